The van der Waals surface area contributed by atoms with E-state index in [0.29, 0.717) is 5.92 Å². The smallest absolute Gasteiger partial charge is 0.139 e. The fraction of sp³-hybridized carbons (Fsp3) is 0.600. The molecular weight excluding hydrogens is 171 g/mol. The van der Waals surface area contributed by atoms with Gasteiger partial charge in [-0.15, -0.1) is 11.3 Å². The first-order valence-electron chi connectivity index (χ1n) is 4.19. The van der Waals surface area contributed by atoms with Crippen molar-refractivity contribution in [2.45, 2.75) is 39.3 Å². The fourth-order valence-electron chi connectivity index (χ4n) is 1.26. The maximum absolute atomic E-state index is 13.6. The van der Waals surface area contributed by atoms with Gasteiger partial charge < -0.3 is 0 Å². The SMILES string of the molecule is CC(C)c1ccsc1C(C)(C)F. The maximum atomic E-state index is 13.6. The van der Waals surface area contributed by atoms with Crippen LogP contribution < -0.4 is 0 Å². The zero-order chi connectivity index (χ0) is 9.35. The summed E-state index contributed by atoms with van der Waals surface area (Å²) in [5.74, 6) is 0.418. The average Bonchev–Trinajstić information content (AvgIpc) is 2.30. The standard InChI is InChI=1S/C10H15FS/c1-7(2)8-5-6-12-9(8)10(3,4)11/h5-7H,1-4H3. The van der Waals surface area contributed by atoms with Crippen molar-refractivity contribution >= 4 is 11.3 Å². The van der Waals surface area contributed by atoms with Crippen LogP contribution in [0.2, 0.25) is 0 Å². The van der Waals surface area contributed by atoms with Crippen LogP contribution in [0, 0.1) is 0 Å². The van der Waals surface area contributed by atoms with Crippen LogP contribution in [0.25, 0.3) is 0 Å². The lowest BCUT2D eigenvalue weighted by molar-refractivity contribution is 0.225. The van der Waals surface area contributed by atoms with Crippen LogP contribution in [-0.2, 0) is 5.67 Å². The molecule has 0 aliphatic rings. The van der Waals surface area contributed by atoms with E-state index in [9.17, 15) is 4.39 Å². The van der Waals surface area contributed by atoms with E-state index in [4.69, 9.17) is 0 Å². The topological polar surface area (TPSA) is 0 Å². The van der Waals surface area contributed by atoms with Gasteiger partial charge in [-0.3, -0.25) is 0 Å². The normalized spacial score (nSPS) is 12.5. The highest BCUT2D eigenvalue weighted by molar-refractivity contribution is 7.10. The lowest BCUT2D eigenvalue weighted by Gasteiger charge is -2.16. The highest BCUT2D eigenvalue weighted by Crippen LogP contribution is 2.35. The Labute approximate surface area is 77.4 Å². The van der Waals surface area contributed by atoms with E-state index in [1.807, 2.05) is 11.4 Å². The molecule has 0 aliphatic carbocycles. The lowest BCUT2D eigenvalue weighted by Crippen LogP contribution is -2.09. The highest BCUT2D eigenvalue weighted by atomic mass is 32.1. The average molecular weight is 186 g/mol. The molecule has 0 fully saturated rings. The van der Waals surface area contributed by atoms with Gasteiger partial charge in [0, 0.05) is 4.88 Å². The molecule has 0 spiro atoms. The zero-order valence-electron chi connectivity index (χ0n) is 8.02. The van der Waals surface area contributed by atoms with E-state index >= 15 is 0 Å². The first kappa shape index (κ1) is 9.72. The Morgan fingerprint density at radius 1 is 1.42 bits per heavy atom. The molecule has 68 valence electrons. The molecule has 12 heavy (non-hydrogen) atoms. The van der Waals surface area contributed by atoms with Crippen LogP contribution >= 0.6 is 11.3 Å². The van der Waals surface area contributed by atoms with Gasteiger partial charge in [-0.1, -0.05) is 13.8 Å². The quantitative estimate of drug-likeness (QED) is 0.653. The van der Waals surface area contributed by atoms with Crippen LogP contribution in [-0.4, -0.2) is 0 Å². The number of hydrogen-bond donors (Lipinski definition) is 0. The minimum absolute atomic E-state index is 0.418. The summed E-state index contributed by atoms with van der Waals surface area (Å²) in [7, 11) is 0. The van der Waals surface area contributed by atoms with Crippen LogP contribution in [0.15, 0.2) is 11.4 Å². The molecule has 0 nitrogen and oxygen atoms in total. The zero-order valence-corrected chi connectivity index (χ0v) is 8.83. The summed E-state index contributed by atoms with van der Waals surface area (Å²) in [6.07, 6.45) is 0. The Kier molecular flexibility index (Phi) is 2.57. The summed E-state index contributed by atoms with van der Waals surface area (Å²) >= 11 is 1.51. The van der Waals surface area contributed by atoms with Gasteiger partial charge in [0.25, 0.3) is 0 Å². The van der Waals surface area contributed by atoms with Crippen molar-refractivity contribution in [1.82, 2.24) is 0 Å². The van der Waals surface area contributed by atoms with Crippen molar-refractivity contribution in [2.24, 2.45) is 0 Å². The largest absolute Gasteiger partial charge is 0.238 e. The second-order valence-electron chi connectivity index (χ2n) is 3.83. The number of alkyl halides is 1. The number of hydrogen-bond acceptors (Lipinski definition) is 1. The molecule has 1 aromatic heterocycles. The van der Waals surface area contributed by atoms with Crippen LogP contribution in [0.4, 0.5) is 4.39 Å². The molecule has 0 saturated carbocycles. The Morgan fingerprint density at radius 3 is 2.33 bits per heavy atom. The third-order valence-electron chi connectivity index (χ3n) is 1.86. The Morgan fingerprint density at radius 2 is 2.00 bits per heavy atom. The van der Waals surface area contributed by atoms with Gasteiger partial charge in [0.2, 0.25) is 0 Å². The molecule has 1 rings (SSSR count). The van der Waals surface area contributed by atoms with E-state index in [-0.39, 0.29) is 0 Å². The van der Waals surface area contributed by atoms with Gasteiger partial charge in [0.1, 0.15) is 5.67 Å². The van der Waals surface area contributed by atoms with Crippen molar-refractivity contribution < 1.29 is 4.39 Å². The van der Waals surface area contributed by atoms with Gasteiger partial charge in [0.05, 0.1) is 0 Å². The molecule has 1 aromatic rings. The number of thiophene rings is 1. The summed E-state index contributed by atoms with van der Waals surface area (Å²) in [6.45, 7) is 7.42. The molecule has 0 unspecified atom stereocenters. The van der Waals surface area contributed by atoms with Crippen molar-refractivity contribution in [2.75, 3.05) is 0 Å². The molecule has 0 bridgehead atoms. The van der Waals surface area contributed by atoms with Gasteiger partial charge in [-0.25, -0.2) is 4.39 Å². The molecule has 0 N–H and O–H groups in total. The summed E-state index contributed by atoms with van der Waals surface area (Å²) in [4.78, 5) is 0.873. The molecule has 2 heteroatoms. The van der Waals surface area contributed by atoms with Gasteiger partial charge in [-0.2, -0.15) is 0 Å². The fourth-order valence-corrected chi connectivity index (χ4v) is 2.33. The minimum atomic E-state index is -1.19. The van der Waals surface area contributed by atoms with E-state index in [1.165, 1.54) is 11.3 Å². The molecule has 0 saturated heterocycles. The molecule has 0 aromatic carbocycles. The molecule has 1 heterocycles. The Bertz CT molecular complexity index is 255. The second kappa shape index (κ2) is 3.17. The maximum Gasteiger partial charge on any atom is 0.139 e. The summed E-state index contributed by atoms with van der Waals surface area (Å²) in [5, 5.41) is 1.96. The third kappa shape index (κ3) is 1.86. The molecule has 0 amide bonds. The third-order valence-corrected chi connectivity index (χ3v) is 3.09. The first-order valence-corrected chi connectivity index (χ1v) is 5.07. The van der Waals surface area contributed by atoms with Gasteiger partial charge >= 0.3 is 0 Å². The molecule has 0 atom stereocenters. The van der Waals surface area contributed by atoms with Crippen molar-refractivity contribution in [3.63, 3.8) is 0 Å². The number of halogens is 1. The molecule has 0 aliphatic heterocycles. The van der Waals surface area contributed by atoms with Crippen molar-refractivity contribution in [3.8, 4) is 0 Å². The van der Waals surface area contributed by atoms with Crippen LogP contribution in [0.3, 0.4) is 0 Å². The lowest BCUT2D eigenvalue weighted by atomic mass is 9.98. The Hall–Kier alpha value is -0.370. The predicted octanol–water partition coefficient (Wildman–Crippen LogP) is 4.08. The van der Waals surface area contributed by atoms with Gasteiger partial charge in [0.15, 0.2) is 0 Å². The van der Waals surface area contributed by atoms with E-state index in [0.717, 1.165) is 10.4 Å². The summed E-state index contributed by atoms with van der Waals surface area (Å²) in [5.41, 5.74) is -0.0409. The van der Waals surface area contributed by atoms with Gasteiger partial charge in [-0.05, 0) is 36.8 Å². The minimum Gasteiger partial charge on any atom is -0.238 e. The predicted molar refractivity (Wildman–Crippen MR) is 52.5 cm³/mol. The molecular formula is C10H15FS. The van der Waals surface area contributed by atoms with E-state index < -0.39 is 5.67 Å². The summed E-state index contributed by atoms with van der Waals surface area (Å²) < 4.78 is 13.6. The monoisotopic (exact) mass is 186 g/mol. The van der Waals surface area contributed by atoms with Crippen LogP contribution in [0.5, 0.6) is 0 Å². The van der Waals surface area contributed by atoms with Crippen molar-refractivity contribution in [3.05, 3.63) is 21.9 Å². The second-order valence-corrected chi connectivity index (χ2v) is 4.75. The first-order chi connectivity index (χ1) is 5.43. The van der Waals surface area contributed by atoms with Crippen LogP contribution in [0.1, 0.15) is 44.1 Å². The molecule has 0 radical (unpaired) electrons. The van der Waals surface area contributed by atoms with Crippen molar-refractivity contribution in [1.29, 1.82) is 0 Å². The summed E-state index contributed by atoms with van der Waals surface area (Å²) in [6, 6.07) is 2.02. The highest BCUT2D eigenvalue weighted by Gasteiger charge is 2.24. The van der Waals surface area contributed by atoms with E-state index in [1.54, 1.807) is 13.8 Å². The van der Waals surface area contributed by atoms with E-state index in [2.05, 4.69) is 13.8 Å². The number of rotatable bonds is 2. The Balaban J connectivity index is 3.08.